The third-order valence-corrected chi connectivity index (χ3v) is 4.24. The molecule has 18 heavy (non-hydrogen) atoms. The van der Waals surface area contributed by atoms with E-state index in [1.807, 2.05) is 0 Å². The Balaban J connectivity index is 1.92. The van der Waals surface area contributed by atoms with Gasteiger partial charge in [0.25, 0.3) is 0 Å². The zero-order chi connectivity index (χ0) is 12.5. The number of hydrogen-bond donors (Lipinski definition) is 1. The van der Waals surface area contributed by atoms with Gasteiger partial charge in [0.1, 0.15) is 0 Å². The zero-order valence-corrected chi connectivity index (χ0v) is 12.1. The second-order valence-corrected chi connectivity index (χ2v) is 5.98. The van der Waals surface area contributed by atoms with Gasteiger partial charge in [-0.05, 0) is 52.9 Å². The van der Waals surface area contributed by atoms with Gasteiger partial charge >= 0.3 is 0 Å². The van der Waals surface area contributed by atoms with Crippen LogP contribution in [0.3, 0.4) is 0 Å². The molecule has 1 N–H and O–H groups in total. The van der Waals surface area contributed by atoms with Gasteiger partial charge in [-0.25, -0.2) is 0 Å². The van der Waals surface area contributed by atoms with Crippen LogP contribution in [0.25, 0.3) is 0 Å². The number of ether oxygens (including phenoxy) is 2. The van der Waals surface area contributed by atoms with Crippen LogP contribution in [-0.2, 0) is 0 Å². The Kier molecular flexibility index (Phi) is 3.48. The largest absolute Gasteiger partial charge is 0.490 e. The van der Waals surface area contributed by atoms with Crippen molar-refractivity contribution in [3.63, 3.8) is 0 Å². The molecule has 2 heterocycles. The highest BCUT2D eigenvalue weighted by Crippen LogP contribution is 2.41. The molecule has 1 aromatic carbocycles. The summed E-state index contributed by atoms with van der Waals surface area (Å²) >= 11 is 3.60. The molecule has 1 fully saturated rings. The van der Waals surface area contributed by atoms with Crippen LogP contribution in [0.4, 0.5) is 0 Å². The van der Waals surface area contributed by atoms with Crippen LogP contribution in [-0.4, -0.2) is 25.8 Å². The first-order valence-corrected chi connectivity index (χ1v) is 7.36. The van der Waals surface area contributed by atoms with Gasteiger partial charge < -0.3 is 14.8 Å². The number of rotatable bonds is 1. The summed E-state index contributed by atoms with van der Waals surface area (Å²) < 4.78 is 12.5. The van der Waals surface area contributed by atoms with Gasteiger partial charge in [0.2, 0.25) is 0 Å². The molecule has 3 nitrogen and oxygen atoms in total. The molecule has 0 bridgehead atoms. The number of nitrogens with one attached hydrogen (secondary N) is 1. The van der Waals surface area contributed by atoms with Gasteiger partial charge in [-0.15, -0.1) is 0 Å². The van der Waals surface area contributed by atoms with Crippen LogP contribution < -0.4 is 14.8 Å². The van der Waals surface area contributed by atoms with Gasteiger partial charge in [-0.2, -0.15) is 0 Å². The maximum atomic E-state index is 5.78. The molecule has 0 aromatic heterocycles. The highest BCUT2D eigenvalue weighted by molar-refractivity contribution is 9.10. The van der Waals surface area contributed by atoms with E-state index in [1.54, 1.807) is 0 Å². The van der Waals surface area contributed by atoms with E-state index in [2.05, 4.69) is 40.3 Å². The Morgan fingerprint density at radius 3 is 2.89 bits per heavy atom. The summed E-state index contributed by atoms with van der Waals surface area (Å²) in [6.45, 7) is 4.75. The van der Waals surface area contributed by atoms with Crippen molar-refractivity contribution in [3.8, 4) is 11.5 Å². The van der Waals surface area contributed by atoms with Gasteiger partial charge in [0, 0.05) is 19.0 Å². The predicted molar refractivity (Wildman–Crippen MR) is 74.6 cm³/mol. The molecule has 2 atom stereocenters. The third-order valence-electron chi connectivity index (χ3n) is 3.65. The zero-order valence-electron chi connectivity index (χ0n) is 10.5. The lowest BCUT2D eigenvalue weighted by molar-refractivity contribution is 0.296. The molecular formula is C14H18BrNO2. The Hall–Kier alpha value is -0.740. The average Bonchev–Trinajstić information content (AvgIpc) is 2.63. The molecule has 3 rings (SSSR count). The summed E-state index contributed by atoms with van der Waals surface area (Å²) in [6, 6.07) is 4.93. The molecule has 2 unspecified atom stereocenters. The quantitative estimate of drug-likeness (QED) is 0.864. The first kappa shape index (κ1) is 12.3. The lowest BCUT2D eigenvalue weighted by Gasteiger charge is -2.15. The van der Waals surface area contributed by atoms with Crippen LogP contribution in [0.15, 0.2) is 16.6 Å². The van der Waals surface area contributed by atoms with Crippen LogP contribution in [0.1, 0.15) is 31.2 Å². The van der Waals surface area contributed by atoms with E-state index in [1.165, 1.54) is 12.0 Å². The van der Waals surface area contributed by atoms with Crippen molar-refractivity contribution in [2.45, 2.75) is 31.7 Å². The van der Waals surface area contributed by atoms with Crippen molar-refractivity contribution in [1.29, 1.82) is 0 Å². The summed E-state index contributed by atoms with van der Waals surface area (Å²) in [6.07, 6.45) is 2.13. The first-order valence-electron chi connectivity index (χ1n) is 6.56. The lowest BCUT2D eigenvalue weighted by atomic mass is 9.96. The van der Waals surface area contributed by atoms with Crippen LogP contribution in [0, 0.1) is 0 Å². The highest BCUT2D eigenvalue weighted by Gasteiger charge is 2.25. The van der Waals surface area contributed by atoms with Crippen molar-refractivity contribution in [2.24, 2.45) is 0 Å². The predicted octanol–water partition coefficient (Wildman–Crippen LogP) is 3.08. The second kappa shape index (κ2) is 5.10. The van der Waals surface area contributed by atoms with E-state index in [4.69, 9.17) is 9.47 Å². The summed E-state index contributed by atoms with van der Waals surface area (Å²) in [5.74, 6) is 2.32. The maximum absolute atomic E-state index is 5.78. The van der Waals surface area contributed by atoms with Crippen LogP contribution >= 0.6 is 15.9 Å². The van der Waals surface area contributed by atoms with Gasteiger partial charge in [0.15, 0.2) is 11.5 Å². The molecule has 0 radical (unpaired) electrons. The average molecular weight is 312 g/mol. The molecule has 98 valence electrons. The lowest BCUT2D eigenvalue weighted by Crippen LogP contribution is -2.16. The molecular weight excluding hydrogens is 294 g/mol. The van der Waals surface area contributed by atoms with E-state index in [0.717, 1.165) is 42.2 Å². The number of halogens is 1. The standard InChI is InChI=1S/C14H18BrNO2/c1-9-5-11(8-16-9)10-6-12(15)14-13(7-10)17-3-2-4-18-14/h6-7,9,11,16H,2-5,8H2,1H3. The molecule has 1 aromatic rings. The Morgan fingerprint density at radius 2 is 2.11 bits per heavy atom. The van der Waals surface area contributed by atoms with Crippen molar-refractivity contribution < 1.29 is 9.47 Å². The van der Waals surface area contributed by atoms with Crippen molar-refractivity contribution in [2.75, 3.05) is 19.8 Å². The van der Waals surface area contributed by atoms with Crippen LogP contribution in [0.5, 0.6) is 11.5 Å². The molecule has 2 aliphatic heterocycles. The minimum Gasteiger partial charge on any atom is -0.490 e. The van der Waals surface area contributed by atoms with Crippen molar-refractivity contribution in [3.05, 3.63) is 22.2 Å². The Morgan fingerprint density at radius 1 is 1.28 bits per heavy atom. The van der Waals surface area contributed by atoms with E-state index in [-0.39, 0.29) is 0 Å². The van der Waals surface area contributed by atoms with Gasteiger partial charge in [-0.1, -0.05) is 0 Å². The topological polar surface area (TPSA) is 30.5 Å². The van der Waals surface area contributed by atoms with Crippen molar-refractivity contribution in [1.82, 2.24) is 5.32 Å². The monoisotopic (exact) mass is 311 g/mol. The number of benzene rings is 1. The second-order valence-electron chi connectivity index (χ2n) is 5.12. The summed E-state index contributed by atoms with van der Waals surface area (Å²) in [7, 11) is 0. The molecule has 0 saturated carbocycles. The maximum Gasteiger partial charge on any atom is 0.175 e. The highest BCUT2D eigenvalue weighted by atomic mass is 79.9. The molecule has 0 amide bonds. The number of hydrogen-bond acceptors (Lipinski definition) is 3. The van der Waals surface area contributed by atoms with Crippen molar-refractivity contribution >= 4 is 15.9 Å². The van der Waals surface area contributed by atoms with Crippen LogP contribution in [0.2, 0.25) is 0 Å². The fourth-order valence-corrected chi connectivity index (χ4v) is 3.25. The number of fused-ring (bicyclic) bond motifs is 1. The van der Waals surface area contributed by atoms with E-state index in [9.17, 15) is 0 Å². The first-order chi connectivity index (χ1) is 8.74. The summed E-state index contributed by atoms with van der Waals surface area (Å²) in [5, 5.41) is 3.49. The fraction of sp³-hybridized carbons (Fsp3) is 0.571. The minimum atomic E-state index is 0.577. The summed E-state index contributed by atoms with van der Waals surface area (Å²) in [5.41, 5.74) is 1.34. The molecule has 0 aliphatic carbocycles. The van der Waals surface area contributed by atoms with E-state index >= 15 is 0 Å². The molecule has 2 aliphatic rings. The third kappa shape index (κ3) is 2.36. The van der Waals surface area contributed by atoms with E-state index in [0.29, 0.717) is 12.0 Å². The van der Waals surface area contributed by atoms with E-state index < -0.39 is 0 Å². The normalized spacial score (nSPS) is 27.0. The smallest absolute Gasteiger partial charge is 0.175 e. The van der Waals surface area contributed by atoms with Gasteiger partial charge in [0.05, 0.1) is 17.7 Å². The SMILES string of the molecule is CC1CC(c2cc(Br)c3c(c2)OCCCO3)CN1. The molecule has 0 spiro atoms. The molecule has 4 heteroatoms. The summed E-state index contributed by atoms with van der Waals surface area (Å²) in [4.78, 5) is 0. The Labute approximate surface area is 116 Å². The Bertz CT molecular complexity index is 450. The van der Waals surface area contributed by atoms with Gasteiger partial charge in [-0.3, -0.25) is 0 Å². The molecule has 1 saturated heterocycles. The fourth-order valence-electron chi connectivity index (χ4n) is 2.68. The minimum absolute atomic E-state index is 0.577.